The Hall–Kier alpha value is -0.770. The predicted molar refractivity (Wildman–Crippen MR) is 56.2 cm³/mol. The van der Waals surface area contributed by atoms with Crippen molar-refractivity contribution >= 4 is 5.96 Å². The molecular formula is C10H19N3O. The van der Waals surface area contributed by atoms with E-state index in [9.17, 15) is 0 Å². The molecule has 4 nitrogen and oxygen atoms in total. The average molecular weight is 197 g/mol. The summed E-state index contributed by atoms with van der Waals surface area (Å²) in [7, 11) is 1.72. The van der Waals surface area contributed by atoms with E-state index >= 15 is 0 Å². The highest BCUT2D eigenvalue weighted by Crippen LogP contribution is 2.44. The molecule has 0 unspecified atom stereocenters. The number of guanidine groups is 1. The molecule has 0 atom stereocenters. The number of nitrogens with two attached hydrogens (primary N) is 1. The molecule has 1 spiro atoms. The summed E-state index contributed by atoms with van der Waals surface area (Å²) >= 11 is 0. The Morgan fingerprint density at radius 3 is 2.93 bits per heavy atom. The van der Waals surface area contributed by atoms with Crippen LogP contribution >= 0.6 is 0 Å². The van der Waals surface area contributed by atoms with Crippen molar-refractivity contribution in [3.63, 3.8) is 0 Å². The number of hydrogen-bond donors (Lipinski definition) is 1. The lowest BCUT2D eigenvalue weighted by atomic mass is 9.68. The van der Waals surface area contributed by atoms with Crippen LogP contribution < -0.4 is 5.73 Å². The standard InChI is InChI=1S/C10H19N3O/c1-8-5-10(6-8)7-12-9(11)13(10)3-4-14-2/h8H,3-7H2,1-2H3,(H2,11,12). The van der Waals surface area contributed by atoms with Gasteiger partial charge in [0.05, 0.1) is 18.7 Å². The molecule has 2 N–H and O–H groups in total. The summed E-state index contributed by atoms with van der Waals surface area (Å²) in [5.74, 6) is 1.52. The van der Waals surface area contributed by atoms with E-state index in [0.717, 1.165) is 25.6 Å². The average Bonchev–Trinajstić information content (AvgIpc) is 2.41. The second-order valence-electron chi connectivity index (χ2n) is 4.56. The maximum Gasteiger partial charge on any atom is 0.191 e. The third-order valence-electron chi connectivity index (χ3n) is 3.36. The number of ether oxygens (including phenoxy) is 1. The Labute approximate surface area is 85.1 Å². The topological polar surface area (TPSA) is 50.9 Å². The molecule has 0 aromatic carbocycles. The van der Waals surface area contributed by atoms with Crippen molar-refractivity contribution < 1.29 is 4.74 Å². The Bertz CT molecular complexity index is 246. The Morgan fingerprint density at radius 2 is 2.36 bits per heavy atom. The number of aliphatic imine (C=N–C) groups is 1. The van der Waals surface area contributed by atoms with Gasteiger partial charge in [0.2, 0.25) is 0 Å². The fourth-order valence-corrected chi connectivity index (χ4v) is 2.76. The SMILES string of the molecule is COCCN1C(N)=NCC12CC(C)C2. The molecule has 0 amide bonds. The van der Waals surface area contributed by atoms with E-state index in [4.69, 9.17) is 10.5 Å². The molecule has 2 aliphatic rings. The molecule has 1 aliphatic carbocycles. The second kappa shape index (κ2) is 3.42. The van der Waals surface area contributed by atoms with Crippen LogP contribution in [0.2, 0.25) is 0 Å². The molecule has 1 saturated carbocycles. The smallest absolute Gasteiger partial charge is 0.191 e. The highest BCUT2D eigenvalue weighted by molar-refractivity contribution is 5.81. The molecule has 1 heterocycles. The van der Waals surface area contributed by atoms with Gasteiger partial charge in [-0.15, -0.1) is 0 Å². The van der Waals surface area contributed by atoms with Crippen LogP contribution in [-0.2, 0) is 4.74 Å². The van der Waals surface area contributed by atoms with Gasteiger partial charge in [-0.05, 0) is 18.8 Å². The first-order chi connectivity index (χ1) is 6.68. The van der Waals surface area contributed by atoms with E-state index in [1.165, 1.54) is 12.8 Å². The van der Waals surface area contributed by atoms with Crippen molar-refractivity contribution in [2.45, 2.75) is 25.3 Å². The maximum absolute atomic E-state index is 5.87. The fraction of sp³-hybridized carbons (Fsp3) is 0.900. The molecule has 0 radical (unpaired) electrons. The molecule has 0 aromatic heterocycles. The summed E-state index contributed by atoms with van der Waals surface area (Å²) in [4.78, 5) is 6.58. The third-order valence-corrected chi connectivity index (χ3v) is 3.36. The first-order valence-corrected chi connectivity index (χ1v) is 5.24. The van der Waals surface area contributed by atoms with Crippen LogP contribution in [-0.4, -0.2) is 43.2 Å². The van der Waals surface area contributed by atoms with Gasteiger partial charge >= 0.3 is 0 Å². The highest BCUT2D eigenvalue weighted by Gasteiger charge is 2.50. The van der Waals surface area contributed by atoms with Crippen LogP contribution in [0.3, 0.4) is 0 Å². The van der Waals surface area contributed by atoms with Crippen molar-refractivity contribution in [3.05, 3.63) is 0 Å². The van der Waals surface area contributed by atoms with Crippen molar-refractivity contribution in [1.29, 1.82) is 0 Å². The summed E-state index contributed by atoms with van der Waals surface area (Å²) in [6.07, 6.45) is 2.45. The lowest BCUT2D eigenvalue weighted by Crippen LogP contribution is -2.59. The first-order valence-electron chi connectivity index (χ1n) is 5.24. The Balaban J connectivity index is 1.99. The zero-order valence-corrected chi connectivity index (χ0v) is 8.99. The van der Waals surface area contributed by atoms with Crippen molar-refractivity contribution in [3.8, 4) is 0 Å². The quantitative estimate of drug-likeness (QED) is 0.714. The van der Waals surface area contributed by atoms with E-state index < -0.39 is 0 Å². The van der Waals surface area contributed by atoms with Gasteiger partial charge in [0.1, 0.15) is 0 Å². The van der Waals surface area contributed by atoms with Crippen LogP contribution in [0.5, 0.6) is 0 Å². The minimum Gasteiger partial charge on any atom is -0.383 e. The van der Waals surface area contributed by atoms with Gasteiger partial charge in [0.15, 0.2) is 5.96 Å². The summed E-state index contributed by atoms with van der Waals surface area (Å²) in [5, 5.41) is 0. The maximum atomic E-state index is 5.87. The number of rotatable bonds is 3. The van der Waals surface area contributed by atoms with Gasteiger partial charge in [-0.1, -0.05) is 6.92 Å². The zero-order chi connectivity index (χ0) is 10.2. The summed E-state index contributed by atoms with van der Waals surface area (Å²) < 4.78 is 5.09. The largest absolute Gasteiger partial charge is 0.383 e. The van der Waals surface area contributed by atoms with Crippen LogP contribution in [0.15, 0.2) is 4.99 Å². The van der Waals surface area contributed by atoms with Gasteiger partial charge in [-0.3, -0.25) is 4.99 Å². The molecule has 4 heteroatoms. The lowest BCUT2D eigenvalue weighted by molar-refractivity contribution is 0.0352. The summed E-state index contributed by atoms with van der Waals surface area (Å²) in [6.45, 7) is 4.77. The van der Waals surface area contributed by atoms with Gasteiger partial charge in [-0.2, -0.15) is 0 Å². The van der Waals surface area contributed by atoms with Gasteiger partial charge in [0.25, 0.3) is 0 Å². The Kier molecular flexibility index (Phi) is 2.39. The van der Waals surface area contributed by atoms with E-state index in [1.54, 1.807) is 7.11 Å². The first kappa shape index (κ1) is 9.77. The molecule has 0 bridgehead atoms. The summed E-state index contributed by atoms with van der Waals surface area (Å²) in [6, 6.07) is 0. The van der Waals surface area contributed by atoms with E-state index in [-0.39, 0.29) is 5.54 Å². The van der Waals surface area contributed by atoms with Crippen LogP contribution in [0.1, 0.15) is 19.8 Å². The summed E-state index contributed by atoms with van der Waals surface area (Å²) in [5.41, 5.74) is 6.12. The van der Waals surface area contributed by atoms with Crippen molar-refractivity contribution in [2.24, 2.45) is 16.6 Å². The van der Waals surface area contributed by atoms with Gasteiger partial charge in [-0.25, -0.2) is 0 Å². The van der Waals surface area contributed by atoms with Crippen LogP contribution in [0.4, 0.5) is 0 Å². The molecular weight excluding hydrogens is 178 g/mol. The highest BCUT2D eigenvalue weighted by atomic mass is 16.5. The number of hydrogen-bond acceptors (Lipinski definition) is 4. The minimum atomic E-state index is 0.252. The second-order valence-corrected chi connectivity index (χ2v) is 4.56. The third kappa shape index (κ3) is 1.38. The van der Waals surface area contributed by atoms with E-state index in [0.29, 0.717) is 5.96 Å². The normalized spacial score (nSPS) is 36.0. The molecule has 14 heavy (non-hydrogen) atoms. The van der Waals surface area contributed by atoms with E-state index in [2.05, 4.69) is 16.8 Å². The van der Waals surface area contributed by atoms with Crippen molar-refractivity contribution in [2.75, 3.05) is 26.8 Å². The molecule has 0 aromatic rings. The molecule has 1 aliphatic heterocycles. The van der Waals surface area contributed by atoms with Gasteiger partial charge in [0, 0.05) is 13.7 Å². The molecule has 2 rings (SSSR count). The molecule has 1 fully saturated rings. The zero-order valence-electron chi connectivity index (χ0n) is 8.99. The minimum absolute atomic E-state index is 0.252. The van der Waals surface area contributed by atoms with Gasteiger partial charge < -0.3 is 15.4 Å². The van der Waals surface area contributed by atoms with E-state index in [1.807, 2.05) is 0 Å². The predicted octanol–water partition coefficient (Wildman–Crippen LogP) is 0.432. The number of nitrogens with zero attached hydrogens (tertiary/aromatic N) is 2. The monoisotopic (exact) mass is 197 g/mol. The van der Waals surface area contributed by atoms with Crippen molar-refractivity contribution in [1.82, 2.24) is 4.90 Å². The Morgan fingerprint density at radius 1 is 1.64 bits per heavy atom. The molecule has 80 valence electrons. The molecule has 0 saturated heterocycles. The number of methoxy groups -OCH3 is 1. The fourth-order valence-electron chi connectivity index (χ4n) is 2.76. The lowest BCUT2D eigenvalue weighted by Gasteiger charge is -2.49. The van der Waals surface area contributed by atoms with Crippen LogP contribution in [0.25, 0.3) is 0 Å². The van der Waals surface area contributed by atoms with Crippen LogP contribution in [0, 0.1) is 5.92 Å².